The highest BCUT2D eigenvalue weighted by Gasteiger charge is 2.44. The zero-order chi connectivity index (χ0) is 17.6. The molecule has 0 aliphatic carbocycles. The number of carbonyl (C=O) groups excluding carboxylic acids is 2. The highest BCUT2D eigenvalue weighted by Crippen LogP contribution is 2.34. The van der Waals surface area contributed by atoms with Crippen molar-refractivity contribution in [3.05, 3.63) is 52.0 Å². The van der Waals surface area contributed by atoms with Crippen molar-refractivity contribution in [1.29, 1.82) is 0 Å². The van der Waals surface area contributed by atoms with Crippen LogP contribution in [0.4, 0.5) is 5.69 Å². The minimum absolute atomic E-state index is 0.0430. The summed E-state index contributed by atoms with van der Waals surface area (Å²) in [5.41, 5.74) is 1.88. The van der Waals surface area contributed by atoms with E-state index in [2.05, 4.69) is 5.32 Å². The second-order valence-electron chi connectivity index (χ2n) is 6.16. The number of aryl methyl sites for hydroxylation is 1. The van der Waals surface area contributed by atoms with Crippen LogP contribution in [0.2, 0.25) is 0 Å². The van der Waals surface area contributed by atoms with Crippen LogP contribution in [0.15, 0.2) is 45.3 Å². The number of esters is 1. The molecule has 1 atom stereocenters. The van der Waals surface area contributed by atoms with E-state index in [1.165, 1.54) is 11.0 Å². The fraction of sp³-hybridized carbons (Fsp3) is 0.278. The zero-order valence-electron chi connectivity index (χ0n) is 13.6. The molecular formula is C18H16N2O5. The van der Waals surface area contributed by atoms with Gasteiger partial charge < -0.3 is 19.4 Å². The summed E-state index contributed by atoms with van der Waals surface area (Å²) in [7, 11) is 0. The molecule has 1 unspecified atom stereocenters. The predicted octanol–water partition coefficient (Wildman–Crippen LogP) is 1.90. The summed E-state index contributed by atoms with van der Waals surface area (Å²) < 4.78 is 10.4. The van der Waals surface area contributed by atoms with Crippen LogP contribution >= 0.6 is 0 Å². The molecule has 1 aromatic heterocycles. The average Bonchev–Trinajstić information content (AvgIpc) is 2.91. The van der Waals surface area contributed by atoms with Gasteiger partial charge in [0.1, 0.15) is 11.3 Å². The molecular weight excluding hydrogens is 324 g/mol. The number of ether oxygens (including phenoxy) is 1. The number of β-lactam (4-membered cyclic amide) rings is 1. The number of nitrogens with zero attached hydrogens (tertiary/aromatic N) is 1. The summed E-state index contributed by atoms with van der Waals surface area (Å²) in [5, 5.41) is 3.80. The Labute approximate surface area is 142 Å². The van der Waals surface area contributed by atoms with Crippen LogP contribution in [0.1, 0.15) is 18.4 Å². The molecule has 1 aromatic carbocycles. The SMILES string of the molecule is Cc1cc(=O)oc2cc(NCOC(=O)C3=CCC4CC(=O)N34)ccc12. The number of hydrogen-bond donors (Lipinski definition) is 1. The molecule has 0 saturated carbocycles. The third-order valence-corrected chi connectivity index (χ3v) is 4.53. The minimum atomic E-state index is -0.522. The average molecular weight is 340 g/mol. The van der Waals surface area contributed by atoms with Gasteiger partial charge in [0, 0.05) is 35.7 Å². The van der Waals surface area contributed by atoms with Crippen molar-refractivity contribution in [3.8, 4) is 0 Å². The van der Waals surface area contributed by atoms with Crippen LogP contribution in [-0.2, 0) is 14.3 Å². The Morgan fingerprint density at radius 2 is 2.20 bits per heavy atom. The van der Waals surface area contributed by atoms with Crippen LogP contribution in [-0.4, -0.2) is 29.5 Å². The van der Waals surface area contributed by atoms with Gasteiger partial charge in [-0.1, -0.05) is 6.08 Å². The second-order valence-corrected chi connectivity index (χ2v) is 6.16. The molecule has 128 valence electrons. The van der Waals surface area contributed by atoms with E-state index < -0.39 is 11.6 Å². The summed E-state index contributed by atoms with van der Waals surface area (Å²) >= 11 is 0. The summed E-state index contributed by atoms with van der Waals surface area (Å²) in [6.07, 6.45) is 2.94. The molecule has 0 spiro atoms. The van der Waals surface area contributed by atoms with Crippen LogP contribution in [0, 0.1) is 6.92 Å². The highest BCUT2D eigenvalue weighted by atomic mass is 16.5. The number of carbonyl (C=O) groups is 2. The molecule has 0 bridgehead atoms. The van der Waals surface area contributed by atoms with Crippen molar-refractivity contribution in [2.24, 2.45) is 0 Å². The first-order chi connectivity index (χ1) is 12.0. The molecule has 1 N–H and O–H groups in total. The van der Waals surface area contributed by atoms with Crippen molar-refractivity contribution in [1.82, 2.24) is 4.90 Å². The number of fused-ring (bicyclic) bond motifs is 2. The van der Waals surface area contributed by atoms with Gasteiger partial charge in [-0.05, 0) is 31.0 Å². The fourth-order valence-electron chi connectivity index (χ4n) is 3.22. The van der Waals surface area contributed by atoms with E-state index in [0.717, 1.165) is 10.9 Å². The van der Waals surface area contributed by atoms with Crippen LogP contribution in [0.5, 0.6) is 0 Å². The first-order valence-electron chi connectivity index (χ1n) is 8.00. The Bertz CT molecular complexity index is 975. The van der Waals surface area contributed by atoms with Gasteiger partial charge >= 0.3 is 11.6 Å². The predicted molar refractivity (Wildman–Crippen MR) is 89.8 cm³/mol. The third kappa shape index (κ3) is 2.67. The van der Waals surface area contributed by atoms with Gasteiger partial charge in [0.25, 0.3) is 0 Å². The molecule has 25 heavy (non-hydrogen) atoms. The Balaban J connectivity index is 1.40. The van der Waals surface area contributed by atoms with Crippen LogP contribution < -0.4 is 10.9 Å². The largest absolute Gasteiger partial charge is 0.440 e. The number of amides is 1. The molecule has 4 rings (SSSR count). The standard InChI is InChI=1S/C18H16N2O5/c1-10-6-17(22)25-15-7-11(2-4-13(10)15)19-9-24-18(23)14-5-3-12-8-16(21)20(12)14/h2,4-7,12,19H,3,8-9H2,1H3. The van der Waals surface area contributed by atoms with Crippen molar-refractivity contribution < 1.29 is 18.7 Å². The molecule has 1 fully saturated rings. The van der Waals surface area contributed by atoms with E-state index in [-0.39, 0.29) is 18.7 Å². The lowest BCUT2D eigenvalue weighted by Crippen LogP contribution is -2.49. The van der Waals surface area contributed by atoms with Crippen molar-refractivity contribution in [2.45, 2.75) is 25.8 Å². The normalized spacial score (nSPS) is 18.6. The molecule has 2 aromatic rings. The molecule has 2 aliphatic rings. The molecule has 7 nitrogen and oxygen atoms in total. The van der Waals surface area contributed by atoms with Gasteiger partial charge in [0.15, 0.2) is 6.73 Å². The number of benzene rings is 1. The van der Waals surface area contributed by atoms with Gasteiger partial charge in [-0.15, -0.1) is 0 Å². The Kier molecular flexibility index (Phi) is 3.56. The smallest absolute Gasteiger partial charge is 0.356 e. The monoisotopic (exact) mass is 340 g/mol. The summed E-state index contributed by atoms with van der Waals surface area (Å²) in [6.45, 7) is 1.79. The number of anilines is 1. The van der Waals surface area contributed by atoms with E-state index in [9.17, 15) is 14.4 Å². The maximum Gasteiger partial charge on any atom is 0.356 e. The quantitative estimate of drug-likeness (QED) is 0.396. The first kappa shape index (κ1) is 15.4. The summed E-state index contributed by atoms with van der Waals surface area (Å²) in [5.74, 6) is -0.565. The van der Waals surface area contributed by atoms with Crippen LogP contribution in [0.25, 0.3) is 11.0 Å². The van der Waals surface area contributed by atoms with E-state index in [0.29, 0.717) is 29.8 Å². The first-order valence-corrected chi connectivity index (χ1v) is 8.00. The number of nitrogens with one attached hydrogen (secondary N) is 1. The maximum absolute atomic E-state index is 12.1. The lowest BCUT2D eigenvalue weighted by Gasteiger charge is -2.35. The summed E-state index contributed by atoms with van der Waals surface area (Å²) in [4.78, 5) is 36.6. The Hall–Kier alpha value is -3.09. The molecule has 0 radical (unpaired) electrons. The second kappa shape index (κ2) is 5.77. The molecule has 1 saturated heterocycles. The zero-order valence-corrected chi connectivity index (χ0v) is 13.6. The molecule has 7 heteroatoms. The highest BCUT2D eigenvalue weighted by molar-refractivity contribution is 5.98. The Morgan fingerprint density at radius 1 is 1.36 bits per heavy atom. The van der Waals surface area contributed by atoms with Crippen LogP contribution in [0.3, 0.4) is 0 Å². The topological polar surface area (TPSA) is 88.8 Å². The van der Waals surface area contributed by atoms with E-state index in [1.807, 2.05) is 19.1 Å². The van der Waals surface area contributed by atoms with Gasteiger partial charge in [-0.2, -0.15) is 0 Å². The Morgan fingerprint density at radius 3 is 3.00 bits per heavy atom. The van der Waals surface area contributed by atoms with Gasteiger partial charge in [0.2, 0.25) is 5.91 Å². The van der Waals surface area contributed by atoms with E-state index >= 15 is 0 Å². The molecule has 3 heterocycles. The fourth-order valence-corrected chi connectivity index (χ4v) is 3.22. The molecule has 2 aliphatic heterocycles. The lowest BCUT2D eigenvalue weighted by atomic mass is 10.0. The molecule has 1 amide bonds. The summed E-state index contributed by atoms with van der Waals surface area (Å²) in [6, 6.07) is 6.89. The number of rotatable bonds is 4. The number of hydrogen-bond acceptors (Lipinski definition) is 6. The van der Waals surface area contributed by atoms with Crippen molar-refractivity contribution >= 4 is 28.5 Å². The van der Waals surface area contributed by atoms with Gasteiger partial charge in [-0.3, -0.25) is 4.79 Å². The third-order valence-electron chi connectivity index (χ3n) is 4.53. The minimum Gasteiger partial charge on any atom is -0.440 e. The van der Waals surface area contributed by atoms with E-state index in [1.54, 1.807) is 12.1 Å². The van der Waals surface area contributed by atoms with E-state index in [4.69, 9.17) is 9.15 Å². The van der Waals surface area contributed by atoms with Crippen molar-refractivity contribution in [2.75, 3.05) is 12.0 Å². The maximum atomic E-state index is 12.1. The lowest BCUT2D eigenvalue weighted by molar-refractivity contribution is -0.149. The van der Waals surface area contributed by atoms with Gasteiger partial charge in [-0.25, -0.2) is 9.59 Å². The van der Waals surface area contributed by atoms with Gasteiger partial charge in [0.05, 0.1) is 0 Å². The van der Waals surface area contributed by atoms with Crippen molar-refractivity contribution in [3.63, 3.8) is 0 Å².